The van der Waals surface area contributed by atoms with Gasteiger partial charge in [0.2, 0.25) is 10.0 Å². The number of sulfonamides is 1. The summed E-state index contributed by atoms with van der Waals surface area (Å²) in [7, 11) is -3.80. The van der Waals surface area contributed by atoms with Crippen LogP contribution in [0.3, 0.4) is 0 Å². The van der Waals surface area contributed by atoms with Crippen LogP contribution < -0.4 is 4.90 Å². The molecule has 10 heteroatoms. The second-order valence-electron chi connectivity index (χ2n) is 6.17. The first kappa shape index (κ1) is 18.1. The Hall–Kier alpha value is -1.75. The van der Waals surface area contributed by atoms with E-state index in [1.165, 1.54) is 16.4 Å². The standard InChI is InChI=1S/C15H21N3O6S/c19-12-2-1-5-16(11-12)14-4-3-13(10-15(14)18(20)21)25(22,23)17-6-8-24-9-7-17/h3-4,10,12,19H,1-2,5-9,11H2/t12-/m0/s1. The van der Waals surface area contributed by atoms with E-state index in [1.54, 1.807) is 4.90 Å². The fraction of sp³-hybridized carbons (Fsp3) is 0.600. The Balaban J connectivity index is 1.95. The number of nitro groups is 1. The van der Waals surface area contributed by atoms with Crippen molar-refractivity contribution >= 4 is 21.4 Å². The zero-order chi connectivity index (χ0) is 18.0. The van der Waals surface area contributed by atoms with Crippen LogP contribution in [0.4, 0.5) is 11.4 Å². The van der Waals surface area contributed by atoms with Gasteiger partial charge in [0.25, 0.3) is 5.69 Å². The number of ether oxygens (including phenoxy) is 1. The topological polar surface area (TPSA) is 113 Å². The molecule has 0 radical (unpaired) electrons. The van der Waals surface area contributed by atoms with Crippen molar-refractivity contribution in [2.75, 3.05) is 44.3 Å². The van der Waals surface area contributed by atoms with Crippen LogP contribution in [0.25, 0.3) is 0 Å². The average molecular weight is 371 g/mol. The molecule has 0 unspecified atom stereocenters. The minimum Gasteiger partial charge on any atom is -0.391 e. The maximum atomic E-state index is 12.7. The normalized spacial score (nSPS) is 22.8. The molecule has 0 amide bonds. The minimum absolute atomic E-state index is 0.0950. The molecule has 138 valence electrons. The second-order valence-corrected chi connectivity index (χ2v) is 8.10. The highest BCUT2D eigenvalue weighted by Gasteiger charge is 2.30. The van der Waals surface area contributed by atoms with Crippen molar-refractivity contribution in [2.45, 2.75) is 23.8 Å². The van der Waals surface area contributed by atoms with Gasteiger partial charge in [0.15, 0.2) is 0 Å². The lowest BCUT2D eigenvalue weighted by Crippen LogP contribution is -2.40. The molecular formula is C15H21N3O6S. The molecule has 1 aromatic rings. The summed E-state index contributed by atoms with van der Waals surface area (Å²) in [4.78, 5) is 12.6. The minimum atomic E-state index is -3.80. The predicted octanol–water partition coefficient (Wildman–Crippen LogP) is 0.577. The Morgan fingerprint density at radius 3 is 2.60 bits per heavy atom. The van der Waals surface area contributed by atoms with Gasteiger partial charge >= 0.3 is 0 Å². The van der Waals surface area contributed by atoms with Gasteiger partial charge in [-0.2, -0.15) is 4.31 Å². The van der Waals surface area contributed by atoms with E-state index in [4.69, 9.17) is 4.74 Å². The third kappa shape index (κ3) is 3.76. The number of β-amino-alcohol motifs (C(OH)–C–C–N with tert-alkyl or cyclic N) is 1. The molecule has 0 saturated carbocycles. The third-order valence-electron chi connectivity index (χ3n) is 4.49. The Bertz CT molecular complexity index is 748. The van der Waals surface area contributed by atoms with Crippen LogP contribution in [-0.4, -0.2) is 68.2 Å². The van der Waals surface area contributed by atoms with E-state index in [0.29, 0.717) is 38.4 Å². The van der Waals surface area contributed by atoms with Crippen molar-refractivity contribution < 1.29 is 23.2 Å². The van der Waals surface area contributed by atoms with E-state index < -0.39 is 21.1 Å². The molecule has 2 aliphatic heterocycles. The summed E-state index contributed by atoms with van der Waals surface area (Å²) in [6, 6.07) is 3.97. The number of nitrogens with zero attached hydrogens (tertiary/aromatic N) is 3. The lowest BCUT2D eigenvalue weighted by Gasteiger charge is -2.31. The molecule has 9 nitrogen and oxygen atoms in total. The number of hydrogen-bond acceptors (Lipinski definition) is 7. The van der Waals surface area contributed by atoms with Gasteiger partial charge in [-0.1, -0.05) is 0 Å². The number of piperidine rings is 1. The van der Waals surface area contributed by atoms with E-state index >= 15 is 0 Å². The summed E-state index contributed by atoms with van der Waals surface area (Å²) >= 11 is 0. The quantitative estimate of drug-likeness (QED) is 0.608. The van der Waals surface area contributed by atoms with Gasteiger partial charge in [-0.15, -0.1) is 0 Å². The summed E-state index contributed by atoms with van der Waals surface area (Å²) in [5.74, 6) is 0. The Morgan fingerprint density at radius 1 is 1.24 bits per heavy atom. The number of anilines is 1. The van der Waals surface area contributed by atoms with Crippen molar-refractivity contribution in [3.05, 3.63) is 28.3 Å². The maximum absolute atomic E-state index is 12.7. The first-order valence-corrected chi connectivity index (χ1v) is 9.63. The first-order valence-electron chi connectivity index (χ1n) is 8.19. The highest BCUT2D eigenvalue weighted by atomic mass is 32.2. The smallest absolute Gasteiger partial charge is 0.293 e. The highest BCUT2D eigenvalue weighted by Crippen LogP contribution is 2.33. The first-order chi connectivity index (χ1) is 11.9. The molecule has 2 heterocycles. The molecule has 0 aliphatic carbocycles. The fourth-order valence-electron chi connectivity index (χ4n) is 3.19. The zero-order valence-electron chi connectivity index (χ0n) is 13.7. The van der Waals surface area contributed by atoms with E-state index in [1.807, 2.05) is 0 Å². The zero-order valence-corrected chi connectivity index (χ0v) is 14.5. The third-order valence-corrected chi connectivity index (χ3v) is 6.38. The van der Waals surface area contributed by atoms with E-state index in [0.717, 1.165) is 12.5 Å². The molecule has 2 fully saturated rings. The monoisotopic (exact) mass is 371 g/mol. The number of aliphatic hydroxyl groups is 1. The average Bonchev–Trinajstić information content (AvgIpc) is 2.62. The summed E-state index contributed by atoms with van der Waals surface area (Å²) in [6.45, 7) is 1.98. The van der Waals surface area contributed by atoms with Crippen LogP contribution in [-0.2, 0) is 14.8 Å². The Kier molecular flexibility index (Phi) is 5.23. The van der Waals surface area contributed by atoms with E-state index in [-0.39, 0.29) is 23.7 Å². The Labute approximate surface area is 146 Å². The van der Waals surface area contributed by atoms with Crippen molar-refractivity contribution in [1.29, 1.82) is 0 Å². The second kappa shape index (κ2) is 7.24. The van der Waals surface area contributed by atoms with Crippen LogP contribution >= 0.6 is 0 Å². The Morgan fingerprint density at radius 2 is 1.96 bits per heavy atom. The number of nitro benzene ring substituents is 1. The number of morpholine rings is 1. The van der Waals surface area contributed by atoms with Crippen LogP contribution in [0.15, 0.2) is 23.1 Å². The molecule has 2 aliphatic rings. The molecule has 1 aromatic carbocycles. The molecule has 25 heavy (non-hydrogen) atoms. The van der Waals surface area contributed by atoms with Gasteiger partial charge in [-0.3, -0.25) is 10.1 Å². The van der Waals surface area contributed by atoms with Gasteiger partial charge in [-0.25, -0.2) is 8.42 Å². The van der Waals surface area contributed by atoms with Crippen molar-refractivity contribution in [3.8, 4) is 0 Å². The molecule has 3 rings (SSSR count). The lowest BCUT2D eigenvalue weighted by molar-refractivity contribution is -0.384. The number of aliphatic hydroxyl groups excluding tert-OH is 1. The van der Waals surface area contributed by atoms with Crippen LogP contribution in [0.5, 0.6) is 0 Å². The summed E-state index contributed by atoms with van der Waals surface area (Å²) in [6.07, 6.45) is 0.852. The van der Waals surface area contributed by atoms with Crippen LogP contribution in [0.1, 0.15) is 12.8 Å². The van der Waals surface area contributed by atoms with Gasteiger partial charge in [-0.05, 0) is 25.0 Å². The summed E-state index contributed by atoms with van der Waals surface area (Å²) < 4.78 is 31.8. The van der Waals surface area contributed by atoms with Crippen LogP contribution in [0, 0.1) is 10.1 Å². The highest BCUT2D eigenvalue weighted by molar-refractivity contribution is 7.89. The SMILES string of the molecule is O=[N+]([O-])c1cc(S(=O)(=O)N2CCOCC2)ccc1N1CCC[C@H](O)C1. The number of rotatable bonds is 4. The van der Waals surface area contributed by atoms with Gasteiger partial charge in [0.05, 0.1) is 29.1 Å². The summed E-state index contributed by atoms with van der Waals surface area (Å²) in [5, 5.41) is 21.3. The molecule has 2 saturated heterocycles. The van der Waals surface area contributed by atoms with Gasteiger partial charge < -0.3 is 14.7 Å². The van der Waals surface area contributed by atoms with E-state index in [2.05, 4.69) is 0 Å². The number of hydrogen-bond donors (Lipinski definition) is 1. The molecule has 0 bridgehead atoms. The van der Waals surface area contributed by atoms with Crippen molar-refractivity contribution in [2.24, 2.45) is 0 Å². The fourth-order valence-corrected chi connectivity index (χ4v) is 4.62. The lowest BCUT2D eigenvalue weighted by atomic mass is 10.1. The molecule has 0 aromatic heterocycles. The molecule has 0 spiro atoms. The van der Waals surface area contributed by atoms with Gasteiger partial charge in [0, 0.05) is 32.2 Å². The van der Waals surface area contributed by atoms with Crippen molar-refractivity contribution in [3.63, 3.8) is 0 Å². The molecule has 1 N–H and O–H groups in total. The molecule has 1 atom stereocenters. The largest absolute Gasteiger partial charge is 0.391 e. The number of benzene rings is 1. The maximum Gasteiger partial charge on any atom is 0.293 e. The predicted molar refractivity (Wildman–Crippen MR) is 90.1 cm³/mol. The summed E-state index contributed by atoms with van der Waals surface area (Å²) in [5.41, 5.74) is 0.0770. The van der Waals surface area contributed by atoms with E-state index in [9.17, 15) is 23.6 Å². The van der Waals surface area contributed by atoms with Gasteiger partial charge in [0.1, 0.15) is 5.69 Å². The van der Waals surface area contributed by atoms with Crippen molar-refractivity contribution in [1.82, 2.24) is 4.31 Å². The van der Waals surface area contributed by atoms with Crippen LogP contribution in [0.2, 0.25) is 0 Å². The molecular weight excluding hydrogens is 350 g/mol.